The molecule has 0 saturated heterocycles. The van der Waals surface area contributed by atoms with Crippen LogP contribution in [0, 0.1) is 9.49 Å². The number of aromatic hydroxyl groups is 1. The number of hydrogen-bond acceptors (Lipinski definition) is 2. The molecule has 2 rings (SSSR count). The number of carbonyl (C=O) groups is 1. The Bertz CT molecular complexity index is 402. The fraction of sp³-hybridized carbons (Fsp3) is 0.417. The molecule has 4 heteroatoms. The summed E-state index contributed by atoms with van der Waals surface area (Å²) in [6, 6.07) is 4.98. The van der Waals surface area contributed by atoms with Gasteiger partial charge in [0.2, 0.25) is 0 Å². The van der Waals surface area contributed by atoms with Gasteiger partial charge < -0.3 is 10.4 Å². The van der Waals surface area contributed by atoms with E-state index in [-0.39, 0.29) is 11.7 Å². The van der Waals surface area contributed by atoms with Crippen LogP contribution < -0.4 is 5.32 Å². The third kappa shape index (κ3) is 3.10. The Morgan fingerprint density at radius 2 is 2.25 bits per heavy atom. The molecule has 0 unspecified atom stereocenters. The van der Waals surface area contributed by atoms with E-state index in [9.17, 15) is 9.90 Å². The number of carbonyl (C=O) groups excluding carboxylic acids is 1. The minimum Gasteiger partial charge on any atom is -0.507 e. The molecule has 0 bridgehead atoms. The van der Waals surface area contributed by atoms with Crippen molar-refractivity contribution in [3.63, 3.8) is 0 Å². The van der Waals surface area contributed by atoms with Crippen molar-refractivity contribution in [1.29, 1.82) is 0 Å². The van der Waals surface area contributed by atoms with E-state index in [0.717, 1.165) is 22.5 Å². The molecule has 2 N–H and O–H groups in total. The topological polar surface area (TPSA) is 49.3 Å². The van der Waals surface area contributed by atoms with Gasteiger partial charge in [-0.25, -0.2) is 0 Å². The van der Waals surface area contributed by atoms with Gasteiger partial charge in [0, 0.05) is 12.1 Å². The van der Waals surface area contributed by atoms with Gasteiger partial charge in [-0.05, 0) is 53.1 Å². The molecule has 0 aromatic heterocycles. The molecule has 0 heterocycles. The van der Waals surface area contributed by atoms with E-state index in [0.29, 0.717) is 5.56 Å². The van der Waals surface area contributed by atoms with Crippen molar-refractivity contribution in [2.45, 2.75) is 19.3 Å². The summed E-state index contributed by atoms with van der Waals surface area (Å²) < 4.78 is 0.757. The number of benzene rings is 1. The Morgan fingerprint density at radius 1 is 1.50 bits per heavy atom. The van der Waals surface area contributed by atoms with Crippen LogP contribution in [0.5, 0.6) is 5.75 Å². The quantitative estimate of drug-likeness (QED) is 0.833. The molecule has 16 heavy (non-hydrogen) atoms. The van der Waals surface area contributed by atoms with Crippen LogP contribution in [0.2, 0.25) is 0 Å². The van der Waals surface area contributed by atoms with Gasteiger partial charge in [-0.2, -0.15) is 0 Å². The highest BCUT2D eigenvalue weighted by Gasteiger charge is 2.20. The van der Waals surface area contributed by atoms with Crippen molar-refractivity contribution in [3.05, 3.63) is 27.3 Å². The van der Waals surface area contributed by atoms with Crippen LogP contribution in [0.3, 0.4) is 0 Å². The number of amides is 1. The SMILES string of the molecule is O=C(NCCC1CC1)c1ccc(I)c(O)c1. The molecule has 1 aliphatic carbocycles. The second kappa shape index (κ2) is 5.03. The van der Waals surface area contributed by atoms with E-state index in [1.54, 1.807) is 12.1 Å². The highest BCUT2D eigenvalue weighted by Crippen LogP contribution is 2.31. The molecule has 0 spiro atoms. The van der Waals surface area contributed by atoms with E-state index in [4.69, 9.17) is 0 Å². The maximum Gasteiger partial charge on any atom is 0.251 e. The Hall–Kier alpha value is -0.780. The third-order valence-corrected chi connectivity index (χ3v) is 3.66. The van der Waals surface area contributed by atoms with Crippen molar-refractivity contribution in [1.82, 2.24) is 5.32 Å². The van der Waals surface area contributed by atoms with E-state index in [2.05, 4.69) is 5.32 Å². The minimum atomic E-state index is -0.104. The van der Waals surface area contributed by atoms with Crippen LogP contribution in [0.1, 0.15) is 29.6 Å². The first-order valence-electron chi connectivity index (χ1n) is 5.43. The van der Waals surface area contributed by atoms with E-state index < -0.39 is 0 Å². The summed E-state index contributed by atoms with van der Waals surface area (Å²) in [5.41, 5.74) is 0.522. The standard InChI is InChI=1S/C12H14INO2/c13-10-4-3-9(7-11(10)15)12(16)14-6-5-8-1-2-8/h3-4,7-8,15H,1-2,5-6H2,(H,14,16). The van der Waals surface area contributed by atoms with E-state index >= 15 is 0 Å². The predicted octanol–water partition coefficient (Wildman–Crippen LogP) is 2.53. The van der Waals surface area contributed by atoms with Crippen LogP contribution in [0.4, 0.5) is 0 Å². The fourth-order valence-corrected chi connectivity index (χ4v) is 1.89. The zero-order valence-electron chi connectivity index (χ0n) is 8.87. The average Bonchev–Trinajstić information content (AvgIpc) is 3.06. The van der Waals surface area contributed by atoms with Crippen molar-refractivity contribution in [3.8, 4) is 5.75 Å². The van der Waals surface area contributed by atoms with Crippen LogP contribution in [-0.4, -0.2) is 17.6 Å². The van der Waals surface area contributed by atoms with Gasteiger partial charge in [0.05, 0.1) is 3.57 Å². The van der Waals surface area contributed by atoms with Gasteiger partial charge in [-0.1, -0.05) is 12.8 Å². The predicted molar refractivity (Wildman–Crippen MR) is 70.5 cm³/mol. The lowest BCUT2D eigenvalue weighted by atomic mass is 10.2. The van der Waals surface area contributed by atoms with Gasteiger partial charge in [0.15, 0.2) is 0 Å². The van der Waals surface area contributed by atoms with Gasteiger partial charge in [0.25, 0.3) is 5.91 Å². The Labute approximate surface area is 108 Å². The highest BCUT2D eigenvalue weighted by atomic mass is 127. The minimum absolute atomic E-state index is 0.104. The first-order valence-corrected chi connectivity index (χ1v) is 6.51. The van der Waals surface area contributed by atoms with E-state index in [1.165, 1.54) is 18.9 Å². The lowest BCUT2D eigenvalue weighted by Crippen LogP contribution is -2.24. The van der Waals surface area contributed by atoms with Crippen molar-refractivity contribution < 1.29 is 9.90 Å². The summed E-state index contributed by atoms with van der Waals surface area (Å²) in [7, 11) is 0. The molecule has 1 fully saturated rings. The monoisotopic (exact) mass is 331 g/mol. The molecular weight excluding hydrogens is 317 g/mol. The smallest absolute Gasteiger partial charge is 0.251 e. The molecule has 0 radical (unpaired) electrons. The lowest BCUT2D eigenvalue weighted by Gasteiger charge is -2.05. The summed E-state index contributed by atoms with van der Waals surface area (Å²) in [6.07, 6.45) is 3.68. The molecule has 1 saturated carbocycles. The Morgan fingerprint density at radius 3 is 2.88 bits per heavy atom. The zero-order valence-corrected chi connectivity index (χ0v) is 11.0. The molecule has 3 nitrogen and oxygen atoms in total. The van der Waals surface area contributed by atoms with Crippen molar-refractivity contribution in [2.75, 3.05) is 6.54 Å². The number of halogens is 1. The van der Waals surface area contributed by atoms with Crippen LogP contribution in [-0.2, 0) is 0 Å². The number of nitrogens with one attached hydrogen (secondary N) is 1. The van der Waals surface area contributed by atoms with Gasteiger partial charge in [-0.3, -0.25) is 4.79 Å². The molecular formula is C12H14INO2. The fourth-order valence-electron chi connectivity index (χ4n) is 1.55. The van der Waals surface area contributed by atoms with Crippen molar-refractivity contribution >= 4 is 28.5 Å². The number of phenolic OH excluding ortho intramolecular Hbond substituents is 1. The Balaban J connectivity index is 1.88. The Kier molecular flexibility index (Phi) is 3.68. The molecule has 1 aliphatic rings. The summed E-state index contributed by atoms with van der Waals surface area (Å²) >= 11 is 2.03. The van der Waals surface area contributed by atoms with Gasteiger partial charge in [-0.15, -0.1) is 0 Å². The summed E-state index contributed by atoms with van der Waals surface area (Å²) in [4.78, 5) is 11.7. The van der Waals surface area contributed by atoms with Crippen LogP contribution in [0.25, 0.3) is 0 Å². The molecule has 0 aliphatic heterocycles. The third-order valence-electron chi connectivity index (χ3n) is 2.74. The molecule has 1 aromatic carbocycles. The summed E-state index contributed by atoms with van der Waals surface area (Å²) in [5, 5.41) is 12.3. The molecule has 0 atom stereocenters. The van der Waals surface area contributed by atoms with Crippen molar-refractivity contribution in [2.24, 2.45) is 5.92 Å². The summed E-state index contributed by atoms with van der Waals surface area (Å²) in [5.74, 6) is 0.883. The number of hydrogen-bond donors (Lipinski definition) is 2. The van der Waals surface area contributed by atoms with Crippen LogP contribution >= 0.6 is 22.6 Å². The maximum atomic E-state index is 11.7. The highest BCUT2D eigenvalue weighted by molar-refractivity contribution is 14.1. The molecule has 1 aromatic rings. The second-order valence-electron chi connectivity index (χ2n) is 4.15. The normalized spacial score (nSPS) is 14.8. The zero-order chi connectivity index (χ0) is 11.5. The number of phenols is 1. The first-order chi connectivity index (χ1) is 7.66. The van der Waals surface area contributed by atoms with Crippen LogP contribution in [0.15, 0.2) is 18.2 Å². The van der Waals surface area contributed by atoms with Gasteiger partial charge >= 0.3 is 0 Å². The van der Waals surface area contributed by atoms with Gasteiger partial charge in [0.1, 0.15) is 5.75 Å². The largest absolute Gasteiger partial charge is 0.507 e. The molecule has 86 valence electrons. The first kappa shape index (κ1) is 11.7. The lowest BCUT2D eigenvalue weighted by molar-refractivity contribution is 0.0952. The number of rotatable bonds is 4. The average molecular weight is 331 g/mol. The molecule has 1 amide bonds. The van der Waals surface area contributed by atoms with E-state index in [1.807, 2.05) is 22.6 Å². The summed E-state index contributed by atoms with van der Waals surface area (Å²) in [6.45, 7) is 0.732. The maximum absolute atomic E-state index is 11.7. The second-order valence-corrected chi connectivity index (χ2v) is 5.32.